The summed E-state index contributed by atoms with van der Waals surface area (Å²) < 4.78 is 0. The zero-order valence-electron chi connectivity index (χ0n) is 15.5. The van der Waals surface area contributed by atoms with Gasteiger partial charge in [-0.3, -0.25) is 14.4 Å². The standard InChI is InChI=1S/C16H32N6O5/c17-7-3-1-5-11(21-14(24)10-20-13(23)9-19)15(25)22-12(16(26)27)6-2-4-8-18/h11-12H,1-10,17-19H2,(H,20,23)(H,21,24)(H,22,25)(H,26,27). The van der Waals surface area contributed by atoms with Gasteiger partial charge in [-0.15, -0.1) is 0 Å². The van der Waals surface area contributed by atoms with Crippen molar-refractivity contribution in [2.45, 2.75) is 50.6 Å². The Labute approximate surface area is 158 Å². The second-order valence-electron chi connectivity index (χ2n) is 6.07. The number of amides is 3. The number of carboxylic acids is 1. The molecule has 0 heterocycles. The summed E-state index contributed by atoms with van der Waals surface area (Å²) in [4.78, 5) is 46.8. The molecule has 0 aliphatic carbocycles. The van der Waals surface area contributed by atoms with Crippen LogP contribution in [0.15, 0.2) is 0 Å². The molecule has 0 bridgehead atoms. The van der Waals surface area contributed by atoms with Crippen molar-refractivity contribution in [3.8, 4) is 0 Å². The molecule has 0 aliphatic rings. The molecule has 27 heavy (non-hydrogen) atoms. The summed E-state index contributed by atoms with van der Waals surface area (Å²) >= 11 is 0. The van der Waals surface area contributed by atoms with Crippen molar-refractivity contribution >= 4 is 23.7 Å². The van der Waals surface area contributed by atoms with Crippen LogP contribution in [0.5, 0.6) is 0 Å². The van der Waals surface area contributed by atoms with E-state index < -0.39 is 35.8 Å². The van der Waals surface area contributed by atoms with Gasteiger partial charge >= 0.3 is 5.97 Å². The van der Waals surface area contributed by atoms with E-state index in [-0.39, 0.29) is 19.5 Å². The SMILES string of the molecule is NCCCCC(NC(=O)C(CCCCN)NC(=O)CNC(=O)CN)C(=O)O. The topological polar surface area (TPSA) is 203 Å². The number of hydrogen-bond donors (Lipinski definition) is 7. The van der Waals surface area contributed by atoms with Crippen LogP contribution < -0.4 is 33.2 Å². The number of aliphatic carboxylic acids is 1. The fraction of sp³-hybridized carbons (Fsp3) is 0.750. The lowest BCUT2D eigenvalue weighted by atomic mass is 10.1. The molecule has 156 valence electrons. The van der Waals surface area contributed by atoms with E-state index in [1.165, 1.54) is 0 Å². The molecule has 0 saturated heterocycles. The first-order valence-corrected chi connectivity index (χ1v) is 9.05. The van der Waals surface area contributed by atoms with Crippen LogP contribution in [0.25, 0.3) is 0 Å². The summed E-state index contributed by atoms with van der Waals surface area (Å²) in [5, 5.41) is 16.5. The fourth-order valence-corrected chi connectivity index (χ4v) is 2.28. The average molecular weight is 388 g/mol. The van der Waals surface area contributed by atoms with Crippen LogP contribution in [0.4, 0.5) is 0 Å². The summed E-state index contributed by atoms with van der Waals surface area (Å²) in [6.45, 7) is 0.296. The average Bonchev–Trinajstić information content (AvgIpc) is 2.64. The van der Waals surface area contributed by atoms with Gasteiger partial charge in [0.2, 0.25) is 17.7 Å². The van der Waals surface area contributed by atoms with Crippen molar-refractivity contribution in [2.75, 3.05) is 26.2 Å². The Morgan fingerprint density at radius 1 is 0.778 bits per heavy atom. The zero-order chi connectivity index (χ0) is 20.7. The number of unbranched alkanes of at least 4 members (excludes halogenated alkanes) is 2. The molecule has 0 fully saturated rings. The van der Waals surface area contributed by atoms with Crippen molar-refractivity contribution in [1.82, 2.24) is 16.0 Å². The zero-order valence-corrected chi connectivity index (χ0v) is 15.5. The highest BCUT2D eigenvalue weighted by atomic mass is 16.4. The predicted molar refractivity (Wildman–Crippen MR) is 99.4 cm³/mol. The van der Waals surface area contributed by atoms with Gasteiger partial charge in [-0.05, 0) is 51.6 Å². The fourth-order valence-electron chi connectivity index (χ4n) is 2.28. The Balaban J connectivity index is 4.81. The number of nitrogens with two attached hydrogens (primary N) is 3. The molecule has 10 N–H and O–H groups in total. The minimum absolute atomic E-state index is 0.244. The lowest BCUT2D eigenvalue weighted by Gasteiger charge is -2.21. The maximum Gasteiger partial charge on any atom is 0.326 e. The number of carboxylic acid groups (broad SMARTS) is 1. The van der Waals surface area contributed by atoms with Crippen LogP contribution in [-0.4, -0.2) is 67.1 Å². The van der Waals surface area contributed by atoms with Gasteiger partial charge in [0.15, 0.2) is 0 Å². The van der Waals surface area contributed by atoms with Gasteiger partial charge in [0, 0.05) is 0 Å². The molecular formula is C16H32N6O5. The third kappa shape index (κ3) is 11.9. The molecule has 0 saturated carbocycles. The summed E-state index contributed by atoms with van der Waals surface area (Å²) in [7, 11) is 0. The molecule has 2 unspecified atom stereocenters. The summed E-state index contributed by atoms with van der Waals surface area (Å²) in [6.07, 6.45) is 2.99. The second kappa shape index (κ2) is 14.9. The minimum Gasteiger partial charge on any atom is -0.480 e. The van der Waals surface area contributed by atoms with Gasteiger partial charge in [-0.1, -0.05) is 0 Å². The largest absolute Gasteiger partial charge is 0.480 e. The highest BCUT2D eigenvalue weighted by molar-refractivity contribution is 5.92. The molecule has 11 nitrogen and oxygen atoms in total. The lowest BCUT2D eigenvalue weighted by molar-refractivity contribution is -0.142. The summed E-state index contributed by atoms with van der Waals surface area (Å²) in [6, 6.07) is -1.98. The molecule has 0 aromatic heterocycles. The number of carbonyl (C=O) groups excluding carboxylic acids is 3. The lowest BCUT2D eigenvalue weighted by Crippen LogP contribution is -2.53. The smallest absolute Gasteiger partial charge is 0.326 e. The van der Waals surface area contributed by atoms with Crippen molar-refractivity contribution in [2.24, 2.45) is 17.2 Å². The third-order valence-electron chi connectivity index (χ3n) is 3.79. The highest BCUT2D eigenvalue weighted by Gasteiger charge is 2.26. The summed E-state index contributed by atoms with van der Waals surface area (Å²) in [5.41, 5.74) is 16.0. The monoisotopic (exact) mass is 388 g/mol. The quantitative estimate of drug-likeness (QED) is 0.147. The van der Waals surface area contributed by atoms with E-state index in [1.54, 1.807) is 0 Å². The Morgan fingerprint density at radius 2 is 1.33 bits per heavy atom. The van der Waals surface area contributed by atoms with Crippen LogP contribution >= 0.6 is 0 Å². The normalized spacial score (nSPS) is 12.7. The molecular weight excluding hydrogens is 356 g/mol. The van der Waals surface area contributed by atoms with E-state index in [1.807, 2.05) is 0 Å². The van der Waals surface area contributed by atoms with Gasteiger partial charge < -0.3 is 38.3 Å². The van der Waals surface area contributed by atoms with Crippen molar-refractivity contribution in [3.63, 3.8) is 0 Å². The molecule has 2 atom stereocenters. The molecule has 0 aliphatic heterocycles. The highest BCUT2D eigenvalue weighted by Crippen LogP contribution is 2.05. The van der Waals surface area contributed by atoms with E-state index >= 15 is 0 Å². The second-order valence-corrected chi connectivity index (χ2v) is 6.07. The first-order valence-electron chi connectivity index (χ1n) is 9.05. The number of hydrogen-bond acceptors (Lipinski definition) is 7. The minimum atomic E-state index is -1.15. The van der Waals surface area contributed by atoms with Crippen molar-refractivity contribution in [3.05, 3.63) is 0 Å². The Bertz CT molecular complexity index is 488. The molecule has 0 rings (SSSR count). The van der Waals surface area contributed by atoms with Crippen LogP contribution in [0, 0.1) is 0 Å². The van der Waals surface area contributed by atoms with E-state index in [0.29, 0.717) is 45.2 Å². The van der Waals surface area contributed by atoms with Gasteiger partial charge in [0.1, 0.15) is 12.1 Å². The first-order chi connectivity index (χ1) is 12.8. The molecule has 0 spiro atoms. The maximum absolute atomic E-state index is 12.5. The molecule has 0 aromatic rings. The first kappa shape index (κ1) is 24.8. The predicted octanol–water partition coefficient (Wildman–Crippen LogP) is -2.63. The summed E-state index contributed by atoms with van der Waals surface area (Å²) in [5.74, 6) is -2.81. The Hall–Kier alpha value is -2.24. The van der Waals surface area contributed by atoms with Crippen molar-refractivity contribution in [1.29, 1.82) is 0 Å². The number of nitrogens with one attached hydrogen (secondary N) is 3. The maximum atomic E-state index is 12.5. The van der Waals surface area contributed by atoms with Gasteiger partial charge in [0.05, 0.1) is 13.1 Å². The molecule has 3 amide bonds. The molecule has 0 radical (unpaired) electrons. The number of carbonyl (C=O) groups is 4. The van der Waals surface area contributed by atoms with Gasteiger partial charge in [-0.25, -0.2) is 4.79 Å². The van der Waals surface area contributed by atoms with Gasteiger partial charge in [-0.2, -0.15) is 0 Å². The van der Waals surface area contributed by atoms with Gasteiger partial charge in [0.25, 0.3) is 0 Å². The van der Waals surface area contributed by atoms with Crippen LogP contribution in [-0.2, 0) is 19.2 Å². The van der Waals surface area contributed by atoms with Crippen LogP contribution in [0.1, 0.15) is 38.5 Å². The van der Waals surface area contributed by atoms with E-state index in [9.17, 15) is 24.3 Å². The Kier molecular flexibility index (Phi) is 13.6. The van der Waals surface area contributed by atoms with E-state index in [4.69, 9.17) is 17.2 Å². The molecule has 0 aromatic carbocycles. The van der Waals surface area contributed by atoms with E-state index in [2.05, 4.69) is 16.0 Å². The van der Waals surface area contributed by atoms with Crippen molar-refractivity contribution < 1.29 is 24.3 Å². The Morgan fingerprint density at radius 3 is 1.81 bits per heavy atom. The third-order valence-corrected chi connectivity index (χ3v) is 3.79. The number of rotatable bonds is 15. The van der Waals surface area contributed by atoms with Crippen LogP contribution in [0.3, 0.4) is 0 Å². The van der Waals surface area contributed by atoms with E-state index in [0.717, 1.165) is 0 Å². The molecule has 11 heteroatoms. The van der Waals surface area contributed by atoms with Crippen LogP contribution in [0.2, 0.25) is 0 Å².